The number of carboxylic acid groups (broad SMARTS) is 1. The van der Waals surface area contributed by atoms with Crippen LogP contribution >= 0.6 is 0 Å². The third-order valence-corrected chi connectivity index (χ3v) is 2.43. The van der Waals surface area contributed by atoms with Crippen molar-refractivity contribution >= 4 is 17.7 Å². The number of amides is 2. The van der Waals surface area contributed by atoms with E-state index in [-0.39, 0.29) is 5.69 Å². The summed E-state index contributed by atoms with van der Waals surface area (Å²) in [7, 11) is 0. The fourth-order valence-electron chi connectivity index (χ4n) is 1.22. The summed E-state index contributed by atoms with van der Waals surface area (Å²) in [5.41, 5.74) is -1.40. The highest BCUT2D eigenvalue weighted by molar-refractivity contribution is 5.90. The zero-order valence-corrected chi connectivity index (χ0v) is 10.5. The number of benzene rings is 1. The Hall–Kier alpha value is -2.15. The van der Waals surface area contributed by atoms with Crippen LogP contribution < -0.4 is 10.6 Å². The third kappa shape index (κ3) is 4.22. The molecular weight excluding hydrogens is 255 g/mol. The number of anilines is 1. The molecular formula is C12H15FN2O4. The molecule has 0 aliphatic heterocycles. The SMILES string of the molecule is Cc1ccc(NC(=O)NCC(C)(O)C(=O)O)c(F)c1. The molecule has 0 saturated heterocycles. The molecule has 2 amide bonds. The number of hydrogen-bond donors (Lipinski definition) is 4. The first kappa shape index (κ1) is 14.9. The molecule has 1 rings (SSSR count). The van der Waals surface area contributed by atoms with Crippen LogP contribution in [0.3, 0.4) is 0 Å². The Morgan fingerprint density at radius 3 is 2.58 bits per heavy atom. The summed E-state index contributed by atoms with van der Waals surface area (Å²) in [6.07, 6.45) is 0. The zero-order chi connectivity index (χ0) is 14.6. The Morgan fingerprint density at radius 2 is 2.05 bits per heavy atom. The zero-order valence-electron chi connectivity index (χ0n) is 10.5. The van der Waals surface area contributed by atoms with Crippen LogP contribution in [-0.4, -0.2) is 34.4 Å². The van der Waals surface area contributed by atoms with Crippen LogP contribution in [0.25, 0.3) is 0 Å². The van der Waals surface area contributed by atoms with Crippen LogP contribution in [0, 0.1) is 12.7 Å². The summed E-state index contributed by atoms with van der Waals surface area (Å²) >= 11 is 0. The summed E-state index contributed by atoms with van der Waals surface area (Å²) in [6, 6.07) is 3.46. The van der Waals surface area contributed by atoms with E-state index in [1.165, 1.54) is 12.1 Å². The first-order valence-electron chi connectivity index (χ1n) is 5.49. The minimum atomic E-state index is -2.08. The maximum absolute atomic E-state index is 13.4. The van der Waals surface area contributed by atoms with E-state index in [9.17, 15) is 19.1 Å². The van der Waals surface area contributed by atoms with Crippen molar-refractivity contribution in [1.82, 2.24) is 5.32 Å². The number of aliphatic hydroxyl groups is 1. The fraction of sp³-hybridized carbons (Fsp3) is 0.333. The molecule has 0 aliphatic rings. The summed E-state index contributed by atoms with van der Waals surface area (Å²) in [5.74, 6) is -2.06. The van der Waals surface area contributed by atoms with Gasteiger partial charge in [0.2, 0.25) is 0 Å². The Balaban J connectivity index is 2.59. The van der Waals surface area contributed by atoms with Crippen LogP contribution in [-0.2, 0) is 4.79 Å². The number of carbonyl (C=O) groups excluding carboxylic acids is 1. The van der Waals surface area contributed by atoms with E-state index in [1.807, 2.05) is 0 Å². The molecule has 19 heavy (non-hydrogen) atoms. The largest absolute Gasteiger partial charge is 0.479 e. The average Bonchev–Trinajstić information content (AvgIpc) is 2.30. The Morgan fingerprint density at radius 1 is 1.42 bits per heavy atom. The summed E-state index contributed by atoms with van der Waals surface area (Å²) in [6.45, 7) is 2.25. The quantitative estimate of drug-likeness (QED) is 0.658. The Kier molecular flexibility index (Phi) is 4.44. The minimum absolute atomic E-state index is 0.0296. The van der Waals surface area contributed by atoms with Crippen molar-refractivity contribution in [2.24, 2.45) is 0 Å². The third-order valence-electron chi connectivity index (χ3n) is 2.43. The molecule has 1 atom stereocenters. The van der Waals surface area contributed by atoms with Gasteiger partial charge in [0.15, 0.2) is 5.60 Å². The van der Waals surface area contributed by atoms with Gasteiger partial charge >= 0.3 is 12.0 Å². The molecule has 1 aromatic rings. The number of halogens is 1. The van der Waals surface area contributed by atoms with Gasteiger partial charge < -0.3 is 20.8 Å². The first-order chi connectivity index (χ1) is 8.72. The molecule has 0 saturated carbocycles. The first-order valence-corrected chi connectivity index (χ1v) is 5.49. The van der Waals surface area contributed by atoms with Gasteiger partial charge in [0, 0.05) is 0 Å². The molecule has 4 N–H and O–H groups in total. The van der Waals surface area contributed by atoms with Crippen molar-refractivity contribution in [2.75, 3.05) is 11.9 Å². The fourth-order valence-corrected chi connectivity index (χ4v) is 1.22. The molecule has 104 valence electrons. The van der Waals surface area contributed by atoms with Gasteiger partial charge in [-0.05, 0) is 31.5 Å². The van der Waals surface area contributed by atoms with E-state index < -0.39 is 30.0 Å². The summed E-state index contributed by atoms with van der Waals surface area (Å²) in [5, 5.41) is 22.4. The molecule has 1 unspecified atom stereocenters. The Bertz CT molecular complexity index is 503. The van der Waals surface area contributed by atoms with Crippen LogP contribution in [0.15, 0.2) is 18.2 Å². The Labute approximate surface area is 109 Å². The van der Waals surface area contributed by atoms with Gasteiger partial charge in [0.05, 0.1) is 12.2 Å². The molecule has 0 spiro atoms. The number of rotatable bonds is 4. The lowest BCUT2D eigenvalue weighted by molar-refractivity contribution is -0.155. The van der Waals surface area contributed by atoms with Gasteiger partial charge in [0.1, 0.15) is 5.82 Å². The molecule has 7 heteroatoms. The van der Waals surface area contributed by atoms with Crippen LogP contribution in [0.4, 0.5) is 14.9 Å². The van der Waals surface area contributed by atoms with Crippen molar-refractivity contribution in [3.63, 3.8) is 0 Å². The van der Waals surface area contributed by atoms with Crippen LogP contribution in [0.2, 0.25) is 0 Å². The maximum atomic E-state index is 13.4. The van der Waals surface area contributed by atoms with Gasteiger partial charge in [0.25, 0.3) is 0 Å². The van der Waals surface area contributed by atoms with E-state index in [1.54, 1.807) is 13.0 Å². The second kappa shape index (κ2) is 5.66. The smallest absolute Gasteiger partial charge is 0.337 e. The van der Waals surface area contributed by atoms with E-state index in [0.717, 1.165) is 6.92 Å². The second-order valence-electron chi connectivity index (χ2n) is 4.37. The lowest BCUT2D eigenvalue weighted by Gasteiger charge is -2.18. The second-order valence-corrected chi connectivity index (χ2v) is 4.37. The molecule has 0 heterocycles. The molecule has 0 fully saturated rings. The van der Waals surface area contributed by atoms with Crippen LogP contribution in [0.5, 0.6) is 0 Å². The molecule has 6 nitrogen and oxygen atoms in total. The van der Waals surface area contributed by atoms with Crippen LogP contribution in [0.1, 0.15) is 12.5 Å². The minimum Gasteiger partial charge on any atom is -0.479 e. The highest BCUT2D eigenvalue weighted by atomic mass is 19.1. The van der Waals surface area contributed by atoms with Crippen molar-refractivity contribution in [1.29, 1.82) is 0 Å². The maximum Gasteiger partial charge on any atom is 0.337 e. The van der Waals surface area contributed by atoms with Crippen molar-refractivity contribution in [3.05, 3.63) is 29.6 Å². The monoisotopic (exact) mass is 270 g/mol. The van der Waals surface area contributed by atoms with E-state index in [4.69, 9.17) is 5.11 Å². The van der Waals surface area contributed by atoms with E-state index in [0.29, 0.717) is 5.56 Å². The van der Waals surface area contributed by atoms with Gasteiger partial charge in [-0.1, -0.05) is 6.07 Å². The number of aryl methyl sites for hydroxylation is 1. The van der Waals surface area contributed by atoms with Crippen molar-refractivity contribution < 1.29 is 24.2 Å². The average molecular weight is 270 g/mol. The van der Waals surface area contributed by atoms with Gasteiger partial charge in [-0.25, -0.2) is 14.0 Å². The standard InChI is InChI=1S/C12H15FN2O4/c1-7-3-4-9(8(13)5-7)15-11(18)14-6-12(2,19)10(16)17/h3-5,19H,6H2,1-2H3,(H,16,17)(H2,14,15,18). The summed E-state index contributed by atoms with van der Waals surface area (Å²) in [4.78, 5) is 22.0. The number of carbonyl (C=O) groups is 2. The van der Waals surface area contributed by atoms with Gasteiger partial charge in [-0.2, -0.15) is 0 Å². The highest BCUT2D eigenvalue weighted by Crippen LogP contribution is 2.14. The number of carboxylic acids is 1. The van der Waals surface area contributed by atoms with Gasteiger partial charge in [-0.3, -0.25) is 0 Å². The number of urea groups is 1. The number of aliphatic carboxylic acids is 1. The topological polar surface area (TPSA) is 98.7 Å². The van der Waals surface area contributed by atoms with Crippen molar-refractivity contribution in [2.45, 2.75) is 19.4 Å². The molecule has 0 aromatic heterocycles. The molecule has 0 radical (unpaired) electrons. The highest BCUT2D eigenvalue weighted by Gasteiger charge is 2.30. The predicted octanol–water partition coefficient (Wildman–Crippen LogP) is 1.09. The van der Waals surface area contributed by atoms with Gasteiger partial charge in [-0.15, -0.1) is 0 Å². The summed E-state index contributed by atoms with van der Waals surface area (Å²) < 4.78 is 13.4. The number of nitrogens with one attached hydrogen (secondary N) is 2. The number of hydrogen-bond acceptors (Lipinski definition) is 3. The normalized spacial score (nSPS) is 13.5. The van der Waals surface area contributed by atoms with E-state index >= 15 is 0 Å². The molecule has 0 bridgehead atoms. The molecule has 0 aliphatic carbocycles. The molecule has 1 aromatic carbocycles. The lowest BCUT2D eigenvalue weighted by Crippen LogP contribution is -2.47. The van der Waals surface area contributed by atoms with E-state index in [2.05, 4.69) is 10.6 Å². The predicted molar refractivity (Wildman–Crippen MR) is 66.4 cm³/mol. The van der Waals surface area contributed by atoms with Crippen molar-refractivity contribution in [3.8, 4) is 0 Å². The lowest BCUT2D eigenvalue weighted by atomic mass is 10.1.